The Hall–Kier alpha value is -2.81. The van der Waals surface area contributed by atoms with Crippen LogP contribution in [0.3, 0.4) is 0 Å². The number of aliphatic carboxylic acids is 1. The Morgan fingerprint density at radius 3 is 2.71 bits per heavy atom. The van der Waals surface area contributed by atoms with Crippen LogP contribution in [-0.4, -0.2) is 67.9 Å². The number of ether oxygens (including phenoxy) is 1. The maximum absolute atomic E-state index is 12.3. The third-order valence-electron chi connectivity index (χ3n) is 3.86. The van der Waals surface area contributed by atoms with E-state index in [2.05, 4.69) is 15.5 Å². The summed E-state index contributed by atoms with van der Waals surface area (Å²) >= 11 is 0. The van der Waals surface area contributed by atoms with Gasteiger partial charge in [-0.25, -0.2) is 4.79 Å². The van der Waals surface area contributed by atoms with Crippen molar-refractivity contribution in [3.63, 3.8) is 0 Å². The minimum Gasteiger partial charge on any atom is -0.479 e. The molecule has 1 aromatic carbocycles. The van der Waals surface area contributed by atoms with Crippen LogP contribution in [0.1, 0.15) is 11.4 Å². The van der Waals surface area contributed by atoms with Gasteiger partial charge in [-0.15, -0.1) is 5.10 Å². The van der Waals surface area contributed by atoms with Crippen molar-refractivity contribution in [2.75, 3.05) is 19.7 Å². The van der Waals surface area contributed by atoms with Gasteiger partial charge >= 0.3 is 5.97 Å². The van der Waals surface area contributed by atoms with Gasteiger partial charge in [0.15, 0.2) is 11.9 Å². The van der Waals surface area contributed by atoms with Crippen LogP contribution in [0.4, 0.5) is 0 Å². The zero-order valence-electron chi connectivity index (χ0n) is 13.1. The minimum atomic E-state index is -1.05. The van der Waals surface area contributed by atoms with Crippen molar-refractivity contribution in [2.24, 2.45) is 0 Å². The lowest BCUT2D eigenvalue weighted by Gasteiger charge is -2.31. The summed E-state index contributed by atoms with van der Waals surface area (Å²) in [4.78, 5) is 24.8. The summed E-state index contributed by atoms with van der Waals surface area (Å²) in [7, 11) is 0. The van der Waals surface area contributed by atoms with Crippen molar-refractivity contribution >= 4 is 11.9 Å². The SMILES string of the molecule is Cc1nnnn1-c1ccc(CC(=O)N2CCO[C@@H](C(=O)O)C2)cc1. The molecule has 1 amide bonds. The smallest absolute Gasteiger partial charge is 0.334 e. The number of aryl methyl sites for hydroxylation is 1. The second kappa shape index (κ2) is 6.75. The van der Waals surface area contributed by atoms with Crippen LogP contribution in [0.25, 0.3) is 5.69 Å². The van der Waals surface area contributed by atoms with E-state index in [1.54, 1.807) is 11.6 Å². The summed E-state index contributed by atoms with van der Waals surface area (Å²) in [6.07, 6.45) is -0.742. The van der Waals surface area contributed by atoms with Gasteiger partial charge in [-0.3, -0.25) is 4.79 Å². The molecule has 2 heterocycles. The van der Waals surface area contributed by atoms with E-state index in [9.17, 15) is 9.59 Å². The van der Waals surface area contributed by atoms with Gasteiger partial charge in [0.2, 0.25) is 5.91 Å². The lowest BCUT2D eigenvalue weighted by molar-refractivity contribution is -0.159. The number of carbonyl (C=O) groups is 2. The molecule has 0 saturated carbocycles. The number of tetrazole rings is 1. The van der Waals surface area contributed by atoms with Crippen molar-refractivity contribution < 1.29 is 19.4 Å². The first-order chi connectivity index (χ1) is 11.5. The molecule has 1 aromatic heterocycles. The van der Waals surface area contributed by atoms with E-state index in [0.717, 1.165) is 11.3 Å². The van der Waals surface area contributed by atoms with Crippen molar-refractivity contribution in [3.05, 3.63) is 35.7 Å². The molecule has 1 aliphatic heterocycles. The monoisotopic (exact) mass is 331 g/mol. The van der Waals surface area contributed by atoms with Crippen LogP contribution in [0, 0.1) is 6.92 Å². The topological polar surface area (TPSA) is 110 Å². The van der Waals surface area contributed by atoms with Gasteiger partial charge in [0.25, 0.3) is 0 Å². The first-order valence-corrected chi connectivity index (χ1v) is 7.51. The summed E-state index contributed by atoms with van der Waals surface area (Å²) in [5.41, 5.74) is 1.65. The molecule has 3 rings (SSSR count). The van der Waals surface area contributed by atoms with Crippen molar-refractivity contribution in [3.8, 4) is 5.69 Å². The fourth-order valence-corrected chi connectivity index (χ4v) is 2.54. The van der Waals surface area contributed by atoms with Crippen molar-refractivity contribution in [1.82, 2.24) is 25.1 Å². The lowest BCUT2D eigenvalue weighted by Crippen LogP contribution is -2.49. The van der Waals surface area contributed by atoms with Gasteiger partial charge in [-0.2, -0.15) is 4.68 Å². The van der Waals surface area contributed by atoms with Crippen LogP contribution in [0.5, 0.6) is 0 Å². The Balaban J connectivity index is 1.64. The molecule has 126 valence electrons. The predicted octanol–water partition coefficient (Wildman–Crippen LogP) is -0.175. The second-order valence-electron chi connectivity index (χ2n) is 5.52. The Bertz CT molecular complexity index is 743. The van der Waals surface area contributed by atoms with Gasteiger partial charge in [0.1, 0.15) is 0 Å². The lowest BCUT2D eigenvalue weighted by atomic mass is 10.1. The normalized spacial score (nSPS) is 17.7. The summed E-state index contributed by atoms with van der Waals surface area (Å²) in [6, 6.07) is 7.35. The summed E-state index contributed by atoms with van der Waals surface area (Å²) < 4.78 is 6.73. The molecule has 2 aromatic rings. The van der Waals surface area contributed by atoms with E-state index >= 15 is 0 Å². The van der Waals surface area contributed by atoms with Gasteiger partial charge in [-0.1, -0.05) is 12.1 Å². The number of benzene rings is 1. The molecule has 9 nitrogen and oxygen atoms in total. The third kappa shape index (κ3) is 3.40. The highest BCUT2D eigenvalue weighted by Gasteiger charge is 2.28. The number of nitrogens with zero attached hydrogens (tertiary/aromatic N) is 5. The highest BCUT2D eigenvalue weighted by Crippen LogP contribution is 2.12. The summed E-state index contributed by atoms with van der Waals surface area (Å²) in [6.45, 7) is 2.52. The summed E-state index contributed by atoms with van der Waals surface area (Å²) in [5.74, 6) is -0.489. The quantitative estimate of drug-likeness (QED) is 0.827. The van der Waals surface area contributed by atoms with E-state index in [0.29, 0.717) is 12.4 Å². The zero-order chi connectivity index (χ0) is 17.1. The number of hydrogen-bond acceptors (Lipinski definition) is 6. The Labute approximate surface area is 137 Å². The van der Waals surface area contributed by atoms with E-state index in [1.165, 1.54) is 4.90 Å². The molecule has 0 unspecified atom stereocenters. The van der Waals surface area contributed by atoms with Gasteiger partial charge < -0.3 is 14.7 Å². The largest absolute Gasteiger partial charge is 0.479 e. The van der Waals surface area contributed by atoms with E-state index in [1.807, 2.05) is 24.3 Å². The van der Waals surface area contributed by atoms with E-state index in [4.69, 9.17) is 9.84 Å². The fraction of sp³-hybridized carbons (Fsp3) is 0.400. The van der Waals surface area contributed by atoms with Crippen molar-refractivity contribution in [1.29, 1.82) is 0 Å². The Kier molecular flexibility index (Phi) is 4.52. The molecule has 1 fully saturated rings. The van der Waals surface area contributed by atoms with Crippen LogP contribution in [-0.2, 0) is 20.7 Å². The molecule has 24 heavy (non-hydrogen) atoms. The number of aromatic nitrogens is 4. The number of morpholine rings is 1. The first kappa shape index (κ1) is 16.1. The average Bonchev–Trinajstić information content (AvgIpc) is 3.01. The van der Waals surface area contributed by atoms with Crippen LogP contribution < -0.4 is 0 Å². The number of carboxylic acids is 1. The Morgan fingerprint density at radius 2 is 2.08 bits per heavy atom. The standard InChI is InChI=1S/C15H17N5O4/c1-10-16-17-18-20(10)12-4-2-11(3-5-12)8-14(21)19-6-7-24-13(9-19)15(22)23/h2-5,13H,6-9H2,1H3,(H,22,23)/t13-/m1/s1. The van der Waals surface area contributed by atoms with Gasteiger partial charge in [0, 0.05) is 6.54 Å². The molecule has 0 spiro atoms. The molecule has 9 heteroatoms. The van der Waals surface area contributed by atoms with Crippen LogP contribution >= 0.6 is 0 Å². The van der Waals surface area contributed by atoms with E-state index < -0.39 is 12.1 Å². The maximum atomic E-state index is 12.3. The number of carbonyl (C=O) groups excluding carboxylic acids is 1. The predicted molar refractivity (Wildman–Crippen MR) is 81.6 cm³/mol. The maximum Gasteiger partial charge on any atom is 0.334 e. The molecule has 0 bridgehead atoms. The fourth-order valence-electron chi connectivity index (χ4n) is 2.54. The molecular formula is C15H17N5O4. The first-order valence-electron chi connectivity index (χ1n) is 7.51. The summed E-state index contributed by atoms with van der Waals surface area (Å²) in [5, 5.41) is 20.3. The molecule has 0 aliphatic carbocycles. The molecule has 1 saturated heterocycles. The number of hydrogen-bond donors (Lipinski definition) is 1. The zero-order valence-corrected chi connectivity index (χ0v) is 13.1. The average molecular weight is 331 g/mol. The number of rotatable bonds is 4. The van der Waals surface area contributed by atoms with E-state index in [-0.39, 0.29) is 25.5 Å². The molecular weight excluding hydrogens is 314 g/mol. The highest BCUT2D eigenvalue weighted by molar-refractivity contribution is 5.80. The van der Waals surface area contributed by atoms with Crippen LogP contribution in [0.15, 0.2) is 24.3 Å². The minimum absolute atomic E-state index is 0.0794. The molecule has 0 radical (unpaired) electrons. The number of carboxylic acid groups (broad SMARTS) is 1. The van der Waals surface area contributed by atoms with Crippen LogP contribution in [0.2, 0.25) is 0 Å². The van der Waals surface area contributed by atoms with Crippen molar-refractivity contribution in [2.45, 2.75) is 19.4 Å². The number of amides is 1. The van der Waals surface area contributed by atoms with Gasteiger partial charge in [0.05, 0.1) is 25.3 Å². The molecule has 1 aliphatic rings. The Morgan fingerprint density at radius 1 is 1.33 bits per heavy atom. The third-order valence-corrected chi connectivity index (χ3v) is 3.86. The van der Waals surface area contributed by atoms with Gasteiger partial charge in [-0.05, 0) is 35.0 Å². The molecule has 1 N–H and O–H groups in total. The highest BCUT2D eigenvalue weighted by atomic mass is 16.5. The molecule has 1 atom stereocenters. The second-order valence-corrected chi connectivity index (χ2v) is 5.52.